The van der Waals surface area contributed by atoms with Gasteiger partial charge in [0.2, 0.25) is 10.0 Å². The number of sulfonamides is 1. The zero-order chi connectivity index (χ0) is 22.8. The summed E-state index contributed by atoms with van der Waals surface area (Å²) < 4.78 is 56.6. The Kier molecular flexibility index (Phi) is 7.14. The first kappa shape index (κ1) is 23.8. The summed E-state index contributed by atoms with van der Waals surface area (Å²) in [6.45, 7) is 4.04. The van der Waals surface area contributed by atoms with Crippen molar-refractivity contribution in [2.24, 2.45) is 0 Å². The average Bonchev–Trinajstić information content (AvgIpc) is 3.35. The molecule has 1 aliphatic rings. The molecule has 1 atom stereocenters. The molecule has 11 heteroatoms. The molecule has 0 bridgehead atoms. The highest BCUT2D eigenvalue weighted by Gasteiger charge is 2.36. The van der Waals surface area contributed by atoms with Gasteiger partial charge < -0.3 is 9.32 Å². The lowest BCUT2D eigenvalue weighted by Crippen LogP contribution is -2.40. The molecule has 2 aromatic rings. The molecule has 31 heavy (non-hydrogen) atoms. The van der Waals surface area contributed by atoms with Gasteiger partial charge in [-0.2, -0.15) is 4.31 Å². The number of carbonyl (C=O) groups is 1. The van der Waals surface area contributed by atoms with Crippen LogP contribution in [0.5, 0.6) is 0 Å². The van der Waals surface area contributed by atoms with Gasteiger partial charge in [0.25, 0.3) is 5.91 Å². The zero-order valence-electron chi connectivity index (χ0n) is 17.3. The number of halogens is 1. The number of hydrogen-bond acceptors (Lipinski definition) is 6. The predicted octanol–water partition coefficient (Wildman–Crippen LogP) is 2.79. The van der Waals surface area contributed by atoms with Crippen LogP contribution in [-0.4, -0.2) is 62.6 Å². The molecule has 2 heterocycles. The number of nitrogens with zero attached hydrogens (tertiary/aromatic N) is 2. The summed E-state index contributed by atoms with van der Waals surface area (Å²) in [6, 6.07) is 6.94. The summed E-state index contributed by atoms with van der Waals surface area (Å²) in [5.41, 5.74) is 0.117. The number of carbonyl (C=O) groups excluding carboxylic acids is 1. The average molecular weight is 489 g/mol. The largest absolute Gasteiger partial charge is 0.467 e. The number of amides is 1. The Morgan fingerprint density at radius 2 is 1.94 bits per heavy atom. The van der Waals surface area contributed by atoms with Crippen molar-refractivity contribution in [3.05, 3.63) is 52.9 Å². The summed E-state index contributed by atoms with van der Waals surface area (Å²) in [4.78, 5) is 14.7. The van der Waals surface area contributed by atoms with Crippen LogP contribution in [0.2, 0.25) is 5.02 Å². The quantitative estimate of drug-likeness (QED) is 0.565. The summed E-state index contributed by atoms with van der Waals surface area (Å²) in [5.74, 6) is -0.117. The fraction of sp³-hybridized carbons (Fsp3) is 0.450. The molecule has 170 valence electrons. The Bertz CT molecular complexity index is 1140. The standard InChI is InChI=1S/C20H25ClN2O6S2/c1-3-22(4-2)31(27,28)19-12-15(7-8-18(19)21)20(24)23(13-17-6-5-10-29-17)16-9-11-30(25,26)14-16/h5-8,10,12,16H,3-4,9,11,13-14H2,1-2H3/t16-/m1/s1. The molecular formula is C20H25ClN2O6S2. The predicted molar refractivity (Wildman–Crippen MR) is 117 cm³/mol. The topological polar surface area (TPSA) is 105 Å². The van der Waals surface area contributed by atoms with Crippen LogP contribution < -0.4 is 0 Å². The number of sulfone groups is 1. The highest BCUT2D eigenvalue weighted by molar-refractivity contribution is 7.91. The lowest BCUT2D eigenvalue weighted by molar-refractivity contribution is 0.0666. The molecule has 1 aromatic heterocycles. The molecule has 0 unspecified atom stereocenters. The summed E-state index contributed by atoms with van der Waals surface area (Å²) in [6.07, 6.45) is 1.79. The van der Waals surface area contributed by atoms with E-state index in [-0.39, 0.29) is 46.6 Å². The molecule has 8 nitrogen and oxygen atoms in total. The van der Waals surface area contributed by atoms with E-state index in [4.69, 9.17) is 16.0 Å². The Balaban J connectivity index is 2.00. The Morgan fingerprint density at radius 3 is 2.48 bits per heavy atom. The highest BCUT2D eigenvalue weighted by Crippen LogP contribution is 2.28. The second kappa shape index (κ2) is 9.32. The van der Waals surface area contributed by atoms with Gasteiger partial charge in [-0.1, -0.05) is 25.4 Å². The fourth-order valence-electron chi connectivity index (χ4n) is 3.66. The lowest BCUT2D eigenvalue weighted by atomic mass is 10.1. The van der Waals surface area contributed by atoms with E-state index < -0.39 is 31.8 Å². The molecule has 1 aliphatic heterocycles. The molecule has 0 aliphatic carbocycles. The normalized spacial score (nSPS) is 18.4. The van der Waals surface area contributed by atoms with Crippen molar-refractivity contribution in [3.8, 4) is 0 Å². The molecule has 3 rings (SSSR count). The summed E-state index contributed by atoms with van der Waals surface area (Å²) in [7, 11) is -7.12. The van der Waals surface area contributed by atoms with Gasteiger partial charge in [0.15, 0.2) is 9.84 Å². The van der Waals surface area contributed by atoms with Gasteiger partial charge in [-0.05, 0) is 36.8 Å². The van der Waals surface area contributed by atoms with Crippen molar-refractivity contribution in [3.63, 3.8) is 0 Å². The Hall–Kier alpha value is -1.88. The Labute approximate surface area is 187 Å². The van der Waals surface area contributed by atoms with Gasteiger partial charge in [-0.25, -0.2) is 16.8 Å². The highest BCUT2D eigenvalue weighted by atomic mass is 35.5. The monoisotopic (exact) mass is 488 g/mol. The van der Waals surface area contributed by atoms with E-state index in [9.17, 15) is 21.6 Å². The minimum Gasteiger partial charge on any atom is -0.467 e. The van der Waals surface area contributed by atoms with Gasteiger partial charge in [-0.3, -0.25) is 4.79 Å². The molecule has 0 N–H and O–H groups in total. The van der Waals surface area contributed by atoms with Crippen molar-refractivity contribution in [1.29, 1.82) is 0 Å². The van der Waals surface area contributed by atoms with Gasteiger partial charge in [0.05, 0.1) is 29.3 Å². The van der Waals surface area contributed by atoms with Crippen LogP contribution in [0.3, 0.4) is 0 Å². The minimum atomic E-state index is -3.88. The van der Waals surface area contributed by atoms with Crippen LogP contribution in [0.1, 0.15) is 36.4 Å². The number of hydrogen-bond donors (Lipinski definition) is 0. The molecule has 0 spiro atoms. The SMILES string of the molecule is CCN(CC)S(=O)(=O)c1cc(C(=O)N(Cc2ccco2)[C@@H]2CCS(=O)(=O)C2)ccc1Cl. The Morgan fingerprint density at radius 1 is 1.23 bits per heavy atom. The van der Waals surface area contributed by atoms with E-state index >= 15 is 0 Å². The summed E-state index contributed by atoms with van der Waals surface area (Å²) >= 11 is 6.18. The van der Waals surface area contributed by atoms with Gasteiger partial charge in [-0.15, -0.1) is 0 Å². The molecule has 0 radical (unpaired) electrons. The first-order valence-electron chi connectivity index (χ1n) is 9.92. The maximum absolute atomic E-state index is 13.4. The third-order valence-electron chi connectivity index (χ3n) is 5.32. The third kappa shape index (κ3) is 5.14. The lowest BCUT2D eigenvalue weighted by Gasteiger charge is -2.28. The van der Waals surface area contributed by atoms with Crippen LogP contribution in [0, 0.1) is 0 Å². The second-order valence-electron chi connectivity index (χ2n) is 7.30. The van der Waals surface area contributed by atoms with Gasteiger partial charge in [0, 0.05) is 24.7 Å². The third-order valence-corrected chi connectivity index (χ3v) is 9.60. The maximum Gasteiger partial charge on any atom is 0.254 e. The molecule has 1 aromatic carbocycles. The van der Waals surface area contributed by atoms with E-state index in [2.05, 4.69) is 0 Å². The van der Waals surface area contributed by atoms with E-state index in [0.717, 1.165) is 0 Å². The first-order chi connectivity index (χ1) is 14.6. The number of rotatable bonds is 8. The van der Waals surface area contributed by atoms with Crippen molar-refractivity contribution in [2.75, 3.05) is 24.6 Å². The van der Waals surface area contributed by atoms with Crippen molar-refractivity contribution in [2.45, 2.75) is 37.8 Å². The van der Waals surface area contributed by atoms with Crippen LogP contribution in [-0.2, 0) is 26.4 Å². The zero-order valence-corrected chi connectivity index (χ0v) is 19.7. The molecular weight excluding hydrogens is 464 g/mol. The van der Waals surface area contributed by atoms with Crippen LogP contribution >= 0.6 is 11.6 Å². The van der Waals surface area contributed by atoms with E-state index in [1.807, 2.05) is 0 Å². The van der Waals surface area contributed by atoms with E-state index in [1.165, 1.54) is 33.7 Å². The van der Waals surface area contributed by atoms with E-state index in [1.54, 1.807) is 26.0 Å². The first-order valence-corrected chi connectivity index (χ1v) is 13.6. The smallest absolute Gasteiger partial charge is 0.254 e. The van der Waals surface area contributed by atoms with Crippen molar-refractivity contribution in [1.82, 2.24) is 9.21 Å². The number of furan rings is 1. The van der Waals surface area contributed by atoms with Crippen LogP contribution in [0.15, 0.2) is 45.9 Å². The number of benzene rings is 1. The maximum atomic E-state index is 13.4. The molecule has 1 amide bonds. The molecule has 0 saturated carbocycles. The minimum absolute atomic E-state index is 0.00179. The molecule has 1 saturated heterocycles. The van der Waals surface area contributed by atoms with E-state index in [0.29, 0.717) is 12.2 Å². The molecule has 1 fully saturated rings. The van der Waals surface area contributed by atoms with Gasteiger partial charge in [0.1, 0.15) is 10.7 Å². The van der Waals surface area contributed by atoms with Crippen LogP contribution in [0.4, 0.5) is 0 Å². The van der Waals surface area contributed by atoms with Gasteiger partial charge >= 0.3 is 0 Å². The van der Waals surface area contributed by atoms with Crippen molar-refractivity contribution >= 4 is 37.4 Å². The second-order valence-corrected chi connectivity index (χ2v) is 11.8. The van der Waals surface area contributed by atoms with Crippen molar-refractivity contribution < 1.29 is 26.0 Å². The van der Waals surface area contributed by atoms with Crippen LogP contribution in [0.25, 0.3) is 0 Å². The summed E-state index contributed by atoms with van der Waals surface area (Å²) in [5, 5.41) is 0.0180. The fourth-order valence-corrected chi connectivity index (χ4v) is 7.35.